The van der Waals surface area contributed by atoms with Crippen molar-refractivity contribution in [1.29, 1.82) is 0 Å². The summed E-state index contributed by atoms with van der Waals surface area (Å²) in [7, 11) is 1.63. The van der Waals surface area contributed by atoms with Gasteiger partial charge in [-0.1, -0.05) is 12.1 Å². The highest BCUT2D eigenvalue weighted by Crippen LogP contribution is 2.13. The molecule has 20 heavy (non-hydrogen) atoms. The van der Waals surface area contributed by atoms with Gasteiger partial charge in [0.1, 0.15) is 0 Å². The Morgan fingerprint density at radius 1 is 1.45 bits per heavy atom. The molecule has 0 aliphatic rings. The first-order chi connectivity index (χ1) is 9.67. The highest BCUT2D eigenvalue weighted by molar-refractivity contribution is 5.79. The molecule has 1 aromatic carbocycles. The minimum atomic E-state index is -0.407. The molecule has 0 unspecified atom stereocenters. The van der Waals surface area contributed by atoms with Crippen molar-refractivity contribution < 1.29 is 9.66 Å². The van der Waals surface area contributed by atoms with Crippen molar-refractivity contribution >= 4 is 11.6 Å². The van der Waals surface area contributed by atoms with Gasteiger partial charge in [0.25, 0.3) is 5.69 Å². The number of nitro benzene ring substituents is 1. The Kier molecular flexibility index (Phi) is 7.05. The largest absolute Gasteiger partial charge is 0.383 e. The second-order valence-corrected chi connectivity index (χ2v) is 4.04. The van der Waals surface area contributed by atoms with Crippen LogP contribution in [-0.2, 0) is 11.3 Å². The SMILES string of the molecule is CCNC(=NCc1cccc([N+](=O)[O-])c1)NCCOC. The molecule has 0 aliphatic heterocycles. The van der Waals surface area contributed by atoms with Crippen LogP contribution >= 0.6 is 0 Å². The summed E-state index contributed by atoms with van der Waals surface area (Å²) in [6.45, 7) is 4.33. The average molecular weight is 280 g/mol. The molecule has 7 nitrogen and oxygen atoms in total. The average Bonchev–Trinajstić information content (AvgIpc) is 2.45. The number of nitrogens with one attached hydrogen (secondary N) is 2. The first-order valence-corrected chi connectivity index (χ1v) is 6.41. The highest BCUT2D eigenvalue weighted by Gasteiger charge is 2.05. The maximum Gasteiger partial charge on any atom is 0.269 e. The number of hydrogen-bond acceptors (Lipinski definition) is 4. The maximum atomic E-state index is 10.7. The smallest absolute Gasteiger partial charge is 0.269 e. The predicted octanol–water partition coefficient (Wildman–Crippen LogP) is 1.30. The topological polar surface area (TPSA) is 88.8 Å². The first kappa shape index (κ1) is 15.9. The number of guanidine groups is 1. The molecule has 1 aromatic rings. The normalized spacial score (nSPS) is 11.2. The molecule has 0 fully saturated rings. The molecule has 0 saturated heterocycles. The number of methoxy groups -OCH3 is 1. The zero-order valence-corrected chi connectivity index (χ0v) is 11.8. The molecule has 0 saturated carbocycles. The fraction of sp³-hybridized carbons (Fsp3) is 0.462. The molecular formula is C13H20N4O3. The predicted molar refractivity (Wildman–Crippen MR) is 77.8 cm³/mol. The van der Waals surface area contributed by atoms with Crippen molar-refractivity contribution in [3.63, 3.8) is 0 Å². The van der Waals surface area contributed by atoms with Crippen molar-refractivity contribution in [3.05, 3.63) is 39.9 Å². The van der Waals surface area contributed by atoms with E-state index in [0.29, 0.717) is 25.7 Å². The van der Waals surface area contributed by atoms with E-state index in [2.05, 4.69) is 15.6 Å². The summed E-state index contributed by atoms with van der Waals surface area (Å²) in [6, 6.07) is 6.47. The molecule has 0 bridgehead atoms. The number of benzene rings is 1. The number of rotatable bonds is 7. The standard InChI is InChI=1S/C13H20N4O3/c1-3-14-13(15-7-8-20-2)16-10-11-5-4-6-12(9-11)17(18)19/h4-6,9H,3,7-8,10H2,1-2H3,(H2,14,15,16). The van der Waals surface area contributed by atoms with E-state index in [4.69, 9.17) is 4.74 Å². The van der Waals surface area contributed by atoms with Crippen LogP contribution in [0.25, 0.3) is 0 Å². The van der Waals surface area contributed by atoms with E-state index in [1.165, 1.54) is 12.1 Å². The zero-order valence-electron chi connectivity index (χ0n) is 11.8. The van der Waals surface area contributed by atoms with Crippen LogP contribution in [0, 0.1) is 10.1 Å². The van der Waals surface area contributed by atoms with Crippen LogP contribution in [0.4, 0.5) is 5.69 Å². The second kappa shape index (κ2) is 8.87. The van der Waals surface area contributed by atoms with Crippen molar-refractivity contribution in [2.24, 2.45) is 4.99 Å². The molecule has 1 rings (SSSR count). The van der Waals surface area contributed by atoms with Crippen LogP contribution < -0.4 is 10.6 Å². The number of non-ortho nitro benzene ring substituents is 1. The van der Waals surface area contributed by atoms with E-state index in [1.807, 2.05) is 13.0 Å². The highest BCUT2D eigenvalue weighted by atomic mass is 16.6. The molecule has 110 valence electrons. The Bertz CT molecular complexity index is 463. The van der Waals surface area contributed by atoms with E-state index < -0.39 is 4.92 Å². The van der Waals surface area contributed by atoms with E-state index in [9.17, 15) is 10.1 Å². The third-order valence-corrected chi connectivity index (χ3v) is 2.48. The monoisotopic (exact) mass is 280 g/mol. The fourth-order valence-corrected chi connectivity index (χ4v) is 1.55. The Balaban J connectivity index is 2.65. The molecule has 0 aliphatic carbocycles. The lowest BCUT2D eigenvalue weighted by Gasteiger charge is -2.10. The number of hydrogen-bond donors (Lipinski definition) is 2. The molecule has 7 heteroatoms. The van der Waals surface area contributed by atoms with Crippen LogP contribution in [0.3, 0.4) is 0 Å². The van der Waals surface area contributed by atoms with Crippen LogP contribution in [-0.4, -0.2) is 37.7 Å². The van der Waals surface area contributed by atoms with E-state index >= 15 is 0 Å². The molecule has 0 spiro atoms. The van der Waals surface area contributed by atoms with Crippen molar-refractivity contribution in [2.75, 3.05) is 26.8 Å². The molecule has 0 atom stereocenters. The number of aliphatic imine (C=N–C) groups is 1. The minimum Gasteiger partial charge on any atom is -0.383 e. The minimum absolute atomic E-state index is 0.0787. The Morgan fingerprint density at radius 2 is 2.25 bits per heavy atom. The van der Waals surface area contributed by atoms with Crippen LogP contribution in [0.2, 0.25) is 0 Å². The summed E-state index contributed by atoms with van der Waals surface area (Å²) in [5.41, 5.74) is 0.873. The first-order valence-electron chi connectivity index (χ1n) is 6.41. The van der Waals surface area contributed by atoms with Crippen LogP contribution in [0.5, 0.6) is 0 Å². The number of nitrogens with zero attached hydrogens (tertiary/aromatic N) is 2. The van der Waals surface area contributed by atoms with Gasteiger partial charge in [-0.15, -0.1) is 0 Å². The zero-order chi connectivity index (χ0) is 14.8. The Morgan fingerprint density at radius 3 is 2.90 bits per heavy atom. The molecule has 0 radical (unpaired) electrons. The number of nitro groups is 1. The van der Waals surface area contributed by atoms with Crippen molar-refractivity contribution in [3.8, 4) is 0 Å². The summed E-state index contributed by atoms with van der Waals surface area (Å²) < 4.78 is 4.95. The summed E-state index contributed by atoms with van der Waals surface area (Å²) in [4.78, 5) is 14.7. The van der Waals surface area contributed by atoms with Crippen LogP contribution in [0.1, 0.15) is 12.5 Å². The van der Waals surface area contributed by atoms with E-state index in [-0.39, 0.29) is 5.69 Å². The van der Waals surface area contributed by atoms with Gasteiger partial charge in [-0.2, -0.15) is 0 Å². The maximum absolute atomic E-state index is 10.7. The summed E-state index contributed by atoms with van der Waals surface area (Å²) >= 11 is 0. The molecule has 0 amide bonds. The lowest BCUT2D eigenvalue weighted by Crippen LogP contribution is -2.38. The molecule has 2 N–H and O–H groups in total. The third kappa shape index (κ3) is 5.66. The van der Waals surface area contributed by atoms with Gasteiger partial charge >= 0.3 is 0 Å². The van der Waals surface area contributed by atoms with Gasteiger partial charge in [0.2, 0.25) is 0 Å². The Labute approximate surface area is 118 Å². The second-order valence-electron chi connectivity index (χ2n) is 4.04. The van der Waals surface area contributed by atoms with Gasteiger partial charge in [-0.05, 0) is 12.5 Å². The quantitative estimate of drug-likeness (QED) is 0.258. The third-order valence-electron chi connectivity index (χ3n) is 2.48. The van der Waals surface area contributed by atoms with E-state index in [1.54, 1.807) is 13.2 Å². The molecule has 0 aromatic heterocycles. The van der Waals surface area contributed by atoms with Crippen LogP contribution in [0.15, 0.2) is 29.3 Å². The lowest BCUT2D eigenvalue weighted by atomic mass is 10.2. The van der Waals surface area contributed by atoms with Gasteiger partial charge in [0.05, 0.1) is 18.1 Å². The lowest BCUT2D eigenvalue weighted by molar-refractivity contribution is -0.384. The van der Waals surface area contributed by atoms with Gasteiger partial charge in [-0.25, -0.2) is 4.99 Å². The van der Waals surface area contributed by atoms with Crippen molar-refractivity contribution in [2.45, 2.75) is 13.5 Å². The molecular weight excluding hydrogens is 260 g/mol. The number of ether oxygens (including phenoxy) is 1. The summed E-state index contributed by atoms with van der Waals surface area (Å²) in [6.07, 6.45) is 0. The fourth-order valence-electron chi connectivity index (χ4n) is 1.55. The van der Waals surface area contributed by atoms with Gasteiger partial charge < -0.3 is 15.4 Å². The van der Waals surface area contributed by atoms with Crippen molar-refractivity contribution in [1.82, 2.24) is 10.6 Å². The van der Waals surface area contributed by atoms with E-state index in [0.717, 1.165) is 12.1 Å². The summed E-state index contributed by atoms with van der Waals surface area (Å²) in [5, 5.41) is 16.9. The Hall–Kier alpha value is -2.15. The molecule has 0 heterocycles. The van der Waals surface area contributed by atoms with Gasteiger partial charge in [0, 0.05) is 32.3 Å². The van der Waals surface area contributed by atoms with Gasteiger partial charge in [0.15, 0.2) is 5.96 Å². The summed E-state index contributed by atoms with van der Waals surface area (Å²) in [5.74, 6) is 0.663. The van der Waals surface area contributed by atoms with Gasteiger partial charge in [-0.3, -0.25) is 10.1 Å².